The van der Waals surface area contributed by atoms with Crippen LogP contribution in [0.25, 0.3) is 28.1 Å². The van der Waals surface area contributed by atoms with Crippen molar-refractivity contribution in [3.63, 3.8) is 0 Å². The third-order valence-electron chi connectivity index (χ3n) is 12.9. The molecule has 0 radical (unpaired) electrons. The number of amides is 2. The number of hydrogen-bond acceptors (Lipinski definition) is 9. The summed E-state index contributed by atoms with van der Waals surface area (Å²) in [4.78, 5) is 34.7. The van der Waals surface area contributed by atoms with Crippen LogP contribution in [0.3, 0.4) is 0 Å². The molecule has 9 rings (SSSR count). The Bertz CT molecular complexity index is 2660. The Balaban J connectivity index is 0.856. The maximum Gasteiger partial charge on any atom is 0.301 e. The maximum absolute atomic E-state index is 16.4. The molecule has 2 aromatic heterocycles. The quantitative estimate of drug-likeness (QED) is 0.130. The lowest BCUT2D eigenvalue weighted by Gasteiger charge is -2.36. The predicted molar refractivity (Wildman–Crippen MR) is 240 cm³/mol. The smallest absolute Gasteiger partial charge is 0.301 e. The SMILES string of the molecule is O=C1CC[C@H](c2ccc(N3CCC(CN4CCCN(c5ccc(-n6cc(-c7cc(Cl)cc(NS(=O)(=O)N8CCCC8)c7F)c(-c7ccncc7)n6)c(F)c5)CC4)CC3)c(F)c2)C(=O)N1. The summed E-state index contributed by atoms with van der Waals surface area (Å²) in [5.74, 6) is -2.46. The molecule has 4 aliphatic rings. The molecule has 0 saturated carbocycles. The van der Waals surface area contributed by atoms with E-state index in [1.807, 2.05) is 6.07 Å². The van der Waals surface area contributed by atoms with E-state index in [0.717, 1.165) is 77.1 Å². The molecule has 0 bridgehead atoms. The Hall–Kier alpha value is -5.49. The van der Waals surface area contributed by atoms with E-state index in [1.54, 1.807) is 42.7 Å². The third kappa shape index (κ3) is 9.34. The zero-order valence-electron chi connectivity index (χ0n) is 35.2. The number of piperidine rings is 2. The van der Waals surface area contributed by atoms with Crippen LogP contribution in [0.15, 0.2) is 79.3 Å². The minimum absolute atomic E-state index is 0.00592. The van der Waals surface area contributed by atoms with Crippen LogP contribution in [-0.4, -0.2) is 103 Å². The van der Waals surface area contributed by atoms with Crippen LogP contribution in [0.5, 0.6) is 0 Å². The normalized spacial score (nSPS) is 19.5. The van der Waals surface area contributed by atoms with Gasteiger partial charge in [-0.1, -0.05) is 17.7 Å². The highest BCUT2D eigenvalue weighted by molar-refractivity contribution is 7.90. The molecule has 336 valence electrons. The number of hydrogen-bond donors (Lipinski definition) is 2. The number of pyridine rings is 1. The van der Waals surface area contributed by atoms with E-state index in [-0.39, 0.29) is 51.6 Å². The number of nitrogens with zero attached hydrogens (tertiary/aromatic N) is 7. The highest BCUT2D eigenvalue weighted by Crippen LogP contribution is 2.39. The molecular weight excluding hydrogens is 867 g/mol. The number of rotatable bonds is 11. The Morgan fingerprint density at radius 3 is 2.25 bits per heavy atom. The highest BCUT2D eigenvalue weighted by atomic mass is 35.5. The Labute approximate surface area is 375 Å². The summed E-state index contributed by atoms with van der Waals surface area (Å²) in [5, 5.41) is 7.18. The molecule has 4 fully saturated rings. The first-order chi connectivity index (χ1) is 30.9. The number of halogens is 4. The van der Waals surface area contributed by atoms with Gasteiger partial charge in [0.2, 0.25) is 11.8 Å². The van der Waals surface area contributed by atoms with Crippen molar-refractivity contribution >= 4 is 50.7 Å². The molecule has 13 nitrogen and oxygen atoms in total. The minimum atomic E-state index is -4.03. The lowest BCUT2D eigenvalue weighted by Crippen LogP contribution is -2.40. The monoisotopic (exact) mass is 915 g/mol. The average molecular weight is 916 g/mol. The molecule has 2 amide bonds. The van der Waals surface area contributed by atoms with Gasteiger partial charge in [0.1, 0.15) is 17.2 Å². The second-order valence-electron chi connectivity index (χ2n) is 17.0. The van der Waals surface area contributed by atoms with Gasteiger partial charge >= 0.3 is 10.2 Å². The van der Waals surface area contributed by atoms with E-state index in [1.165, 1.54) is 39.4 Å². The highest BCUT2D eigenvalue weighted by Gasteiger charge is 2.31. The van der Waals surface area contributed by atoms with E-state index in [2.05, 4.69) is 29.7 Å². The Kier molecular flexibility index (Phi) is 12.7. The molecule has 0 spiro atoms. The molecule has 4 saturated heterocycles. The summed E-state index contributed by atoms with van der Waals surface area (Å²) in [6, 6.07) is 16.0. The number of carbonyl (C=O) groups excluding carboxylic acids is 2. The van der Waals surface area contributed by atoms with Crippen LogP contribution in [0.1, 0.15) is 56.4 Å². The topological polar surface area (TPSA) is 136 Å². The molecular formula is C46H49ClF3N9O4S. The summed E-state index contributed by atoms with van der Waals surface area (Å²) in [6.45, 7) is 6.21. The second kappa shape index (κ2) is 18.5. The van der Waals surface area contributed by atoms with Gasteiger partial charge in [0, 0.05) is 105 Å². The fraction of sp³-hybridized carbons (Fsp3) is 0.391. The van der Waals surface area contributed by atoms with Gasteiger partial charge in [0.25, 0.3) is 0 Å². The minimum Gasteiger partial charge on any atom is -0.370 e. The van der Waals surface area contributed by atoms with E-state index in [9.17, 15) is 18.0 Å². The number of anilines is 3. The van der Waals surface area contributed by atoms with Crippen LogP contribution in [-0.2, 0) is 19.8 Å². The van der Waals surface area contributed by atoms with Crippen molar-refractivity contribution in [2.24, 2.45) is 5.92 Å². The number of aromatic nitrogens is 3. The maximum atomic E-state index is 16.4. The first-order valence-corrected chi connectivity index (χ1v) is 23.6. The molecule has 4 aliphatic heterocycles. The van der Waals surface area contributed by atoms with Gasteiger partial charge < -0.3 is 14.7 Å². The lowest BCUT2D eigenvalue weighted by atomic mass is 9.90. The summed E-state index contributed by atoms with van der Waals surface area (Å²) in [7, 11) is -4.03. The van der Waals surface area contributed by atoms with Crippen molar-refractivity contribution in [2.75, 3.05) is 73.4 Å². The number of nitrogens with one attached hydrogen (secondary N) is 2. The molecule has 2 N–H and O–H groups in total. The van der Waals surface area contributed by atoms with Gasteiger partial charge in [-0.25, -0.2) is 17.9 Å². The van der Waals surface area contributed by atoms with Crippen LogP contribution in [0, 0.1) is 23.4 Å². The van der Waals surface area contributed by atoms with Gasteiger partial charge in [-0.3, -0.25) is 24.6 Å². The van der Waals surface area contributed by atoms with Crippen molar-refractivity contribution in [3.05, 3.63) is 107 Å². The summed E-state index contributed by atoms with van der Waals surface area (Å²) in [5.41, 5.74) is 2.89. The predicted octanol–water partition coefficient (Wildman–Crippen LogP) is 7.37. The summed E-state index contributed by atoms with van der Waals surface area (Å²) < 4.78 is 79.2. The number of benzene rings is 3. The molecule has 64 heavy (non-hydrogen) atoms. The number of carbonyl (C=O) groups is 2. The van der Waals surface area contributed by atoms with E-state index in [0.29, 0.717) is 54.5 Å². The largest absolute Gasteiger partial charge is 0.370 e. The van der Waals surface area contributed by atoms with Crippen molar-refractivity contribution in [2.45, 2.75) is 50.9 Å². The zero-order chi connectivity index (χ0) is 44.5. The van der Waals surface area contributed by atoms with Gasteiger partial charge in [0.15, 0.2) is 11.6 Å². The van der Waals surface area contributed by atoms with Crippen LogP contribution in [0.4, 0.5) is 30.2 Å². The van der Waals surface area contributed by atoms with Crippen LogP contribution >= 0.6 is 11.6 Å². The number of imide groups is 1. The van der Waals surface area contributed by atoms with E-state index in [4.69, 9.17) is 16.7 Å². The van der Waals surface area contributed by atoms with Crippen molar-refractivity contribution in [1.82, 2.24) is 29.3 Å². The molecule has 1 atom stereocenters. The van der Waals surface area contributed by atoms with Crippen molar-refractivity contribution in [3.8, 4) is 28.1 Å². The molecule has 18 heteroatoms. The van der Waals surface area contributed by atoms with Gasteiger partial charge in [-0.05, 0) is 111 Å². The molecule has 5 aromatic rings. The van der Waals surface area contributed by atoms with E-state index < -0.39 is 27.8 Å². The second-order valence-corrected chi connectivity index (χ2v) is 19.1. The summed E-state index contributed by atoms with van der Waals surface area (Å²) in [6.07, 6.45) is 9.45. The first kappa shape index (κ1) is 43.7. The lowest BCUT2D eigenvalue weighted by molar-refractivity contribution is -0.134. The van der Waals surface area contributed by atoms with Crippen LogP contribution < -0.4 is 19.8 Å². The average Bonchev–Trinajstić information content (AvgIpc) is 3.94. The fourth-order valence-corrected chi connectivity index (χ4v) is 10.9. The van der Waals surface area contributed by atoms with Crippen LogP contribution in [0.2, 0.25) is 5.02 Å². The van der Waals surface area contributed by atoms with Crippen molar-refractivity contribution in [1.29, 1.82) is 0 Å². The first-order valence-electron chi connectivity index (χ1n) is 21.8. The molecule has 6 heterocycles. The zero-order valence-corrected chi connectivity index (χ0v) is 36.7. The Morgan fingerprint density at radius 1 is 0.766 bits per heavy atom. The standard InChI is InChI=1S/C46H49ClF3N9O4S/c47-33-25-36(44(50)40(26-33)54-64(62,63)58-18-1-2-19-58)37-29-59(53-45(37)31-10-14-51-15-11-31)42-8-5-34(27-39(42)49)56-17-3-16-55(22-23-56)28-30-12-20-57(21-13-30)41-7-4-32(24-38(41)48)35-6-9-43(60)52-46(35)61/h4-5,7-8,10-11,14-15,24-27,29-30,35,54H,1-3,6,9,12-13,16-23,28H2,(H,52,60,61)/t35-/m1/s1. The fourth-order valence-electron chi connectivity index (χ4n) is 9.43. The van der Waals surface area contributed by atoms with E-state index >= 15 is 13.2 Å². The third-order valence-corrected chi connectivity index (χ3v) is 14.6. The molecule has 3 aromatic carbocycles. The summed E-state index contributed by atoms with van der Waals surface area (Å²) >= 11 is 6.48. The van der Waals surface area contributed by atoms with Gasteiger partial charge in [-0.15, -0.1) is 0 Å². The Morgan fingerprint density at radius 2 is 1.52 bits per heavy atom. The van der Waals surface area contributed by atoms with Gasteiger partial charge in [0.05, 0.1) is 17.3 Å². The molecule has 0 aliphatic carbocycles. The van der Waals surface area contributed by atoms with Gasteiger partial charge in [-0.2, -0.15) is 17.8 Å². The van der Waals surface area contributed by atoms with Crippen molar-refractivity contribution < 1.29 is 31.2 Å². The molecule has 0 unspecified atom stereocenters.